The largest absolute Gasteiger partial charge is 0.445 e. The molecule has 0 saturated carbocycles. The fraction of sp³-hybridized carbons (Fsp3) is 0.429. The normalized spacial score (nSPS) is 13.8. The van der Waals surface area contributed by atoms with Crippen molar-refractivity contribution >= 4 is 32.6 Å². The molecule has 266 valence electrons. The summed E-state index contributed by atoms with van der Waals surface area (Å²) in [6.07, 6.45) is -5.59. The quantitative estimate of drug-likeness (QED) is 0.147. The van der Waals surface area contributed by atoms with Crippen molar-refractivity contribution in [3.8, 4) is 11.3 Å². The minimum atomic E-state index is -4.74. The van der Waals surface area contributed by atoms with Crippen molar-refractivity contribution in [1.82, 2.24) is 15.2 Å². The van der Waals surface area contributed by atoms with E-state index in [1.54, 1.807) is 81.5 Å². The van der Waals surface area contributed by atoms with Gasteiger partial charge in [0, 0.05) is 5.92 Å². The molecular weight excluding hydrogens is 657 g/mol. The van der Waals surface area contributed by atoms with Crippen molar-refractivity contribution in [3.05, 3.63) is 88.7 Å². The van der Waals surface area contributed by atoms with Crippen LogP contribution in [0.2, 0.25) is 13.1 Å². The molecule has 0 fully saturated rings. The minimum Gasteiger partial charge on any atom is -0.445 e. The van der Waals surface area contributed by atoms with Gasteiger partial charge in [0.15, 0.2) is 9.04 Å². The summed E-state index contributed by atoms with van der Waals surface area (Å²) in [5.41, 5.74) is -2.89. The summed E-state index contributed by atoms with van der Waals surface area (Å²) in [5, 5.41) is 7.35. The lowest BCUT2D eigenvalue weighted by molar-refractivity contribution is -0.265. The van der Waals surface area contributed by atoms with Crippen LogP contribution in [0.25, 0.3) is 11.3 Å². The molecule has 2 aromatic carbocycles. The highest BCUT2D eigenvalue weighted by molar-refractivity contribution is 6.48. The number of pyridine rings is 1. The fourth-order valence-electron chi connectivity index (χ4n) is 5.76. The number of nitrogens with zero attached hydrogens (tertiary/aromatic N) is 1. The third kappa shape index (κ3) is 10.5. The summed E-state index contributed by atoms with van der Waals surface area (Å²) >= 11 is 0. The van der Waals surface area contributed by atoms with Gasteiger partial charge in [0.25, 0.3) is 5.56 Å². The maximum atomic E-state index is 14.8. The monoisotopic (exact) mass is 702 g/mol. The number of aromatic nitrogens is 1. The second-order valence-corrected chi connectivity index (χ2v) is 15.7. The summed E-state index contributed by atoms with van der Waals surface area (Å²) in [6, 6.07) is 20.4. The van der Waals surface area contributed by atoms with Gasteiger partial charge >= 0.3 is 12.3 Å². The van der Waals surface area contributed by atoms with Crippen LogP contribution in [-0.4, -0.2) is 50.0 Å². The molecule has 14 heteroatoms. The lowest BCUT2D eigenvalue weighted by Gasteiger charge is -2.51. The number of carbonyl (C=O) groups is 3. The molecule has 10 nitrogen and oxygen atoms in total. The molecule has 0 aliphatic rings. The van der Waals surface area contributed by atoms with E-state index in [1.807, 2.05) is 6.07 Å². The number of hydrogen-bond acceptors (Lipinski definition) is 6. The Bertz CT molecular complexity index is 1630. The van der Waals surface area contributed by atoms with Crippen LogP contribution < -0.4 is 21.5 Å². The molecule has 1 aromatic heterocycles. The maximum absolute atomic E-state index is 14.8. The lowest BCUT2D eigenvalue weighted by atomic mass is 9.70. The summed E-state index contributed by atoms with van der Waals surface area (Å²) in [7, 11) is -2.19. The van der Waals surface area contributed by atoms with Crippen LogP contribution in [0.5, 0.6) is 0 Å². The standard InChI is InChI=1S/C35H45F3N4O6Si/c1-23(2)34(48-49(6)7,31(33(3,4)5)35(36,37)38)41-29(44)21-42-27(25-16-12-9-13-17-25)19-18-26(30(42)45)40-28(43)20-39-32(46)47-22-24-14-10-8-11-15-24/h8-19,23,31,49H,20-22H2,1-7H3,(H,39,46)(H,40,43)(H,41,44). The van der Waals surface area contributed by atoms with Gasteiger partial charge < -0.3 is 25.1 Å². The van der Waals surface area contributed by atoms with E-state index < -0.39 is 74.7 Å². The van der Waals surface area contributed by atoms with Crippen molar-refractivity contribution in [1.29, 1.82) is 0 Å². The predicted molar refractivity (Wildman–Crippen MR) is 184 cm³/mol. The number of alkyl halides is 3. The van der Waals surface area contributed by atoms with Gasteiger partial charge in [-0.15, -0.1) is 0 Å². The zero-order valence-corrected chi connectivity index (χ0v) is 30.0. The molecule has 2 unspecified atom stereocenters. The average molecular weight is 703 g/mol. The van der Waals surface area contributed by atoms with E-state index in [4.69, 9.17) is 9.16 Å². The van der Waals surface area contributed by atoms with E-state index in [2.05, 4.69) is 16.0 Å². The molecule has 3 N–H and O–H groups in total. The van der Waals surface area contributed by atoms with E-state index in [0.29, 0.717) is 11.3 Å². The van der Waals surface area contributed by atoms with Gasteiger partial charge in [-0.1, -0.05) is 95.3 Å². The van der Waals surface area contributed by atoms with Crippen molar-refractivity contribution in [2.75, 3.05) is 11.9 Å². The van der Waals surface area contributed by atoms with Gasteiger partial charge in [-0.3, -0.25) is 19.0 Å². The lowest BCUT2D eigenvalue weighted by Crippen LogP contribution is -2.67. The summed E-state index contributed by atoms with van der Waals surface area (Å²) < 4.78 is 56.7. The van der Waals surface area contributed by atoms with Gasteiger partial charge in [-0.25, -0.2) is 4.79 Å². The van der Waals surface area contributed by atoms with Crippen LogP contribution in [0.3, 0.4) is 0 Å². The Morgan fingerprint density at radius 2 is 1.47 bits per heavy atom. The van der Waals surface area contributed by atoms with Crippen LogP contribution in [0.4, 0.5) is 23.7 Å². The van der Waals surface area contributed by atoms with Gasteiger partial charge in [0.2, 0.25) is 11.8 Å². The van der Waals surface area contributed by atoms with E-state index in [9.17, 15) is 32.3 Å². The number of carbonyl (C=O) groups excluding carboxylic acids is 3. The number of nitrogens with one attached hydrogen (secondary N) is 3. The van der Waals surface area contributed by atoms with Crippen molar-refractivity contribution in [3.63, 3.8) is 0 Å². The Morgan fingerprint density at radius 1 is 0.878 bits per heavy atom. The number of rotatable bonds is 13. The Balaban J connectivity index is 1.92. The van der Waals surface area contributed by atoms with Gasteiger partial charge in [-0.05, 0) is 41.8 Å². The first-order valence-corrected chi connectivity index (χ1v) is 18.7. The number of halogens is 3. The molecular formula is C35H45F3N4O6Si. The minimum absolute atomic E-state index is 0.00995. The van der Waals surface area contributed by atoms with E-state index in [0.717, 1.165) is 10.1 Å². The highest BCUT2D eigenvalue weighted by Crippen LogP contribution is 2.49. The molecule has 3 amide bonds. The first kappa shape index (κ1) is 39.0. The average Bonchev–Trinajstić information content (AvgIpc) is 3.00. The molecule has 0 saturated heterocycles. The molecule has 2 atom stereocenters. The molecule has 3 rings (SSSR count). The van der Waals surface area contributed by atoms with Gasteiger partial charge in [0.1, 0.15) is 37.0 Å². The molecule has 3 aromatic rings. The third-order valence-corrected chi connectivity index (χ3v) is 8.53. The molecule has 0 radical (unpaired) electrons. The number of benzene rings is 2. The number of anilines is 1. The smallest absolute Gasteiger partial charge is 0.407 e. The zero-order chi connectivity index (χ0) is 36.6. The van der Waals surface area contributed by atoms with Gasteiger partial charge in [-0.2, -0.15) is 13.2 Å². The van der Waals surface area contributed by atoms with Crippen molar-refractivity contribution in [2.24, 2.45) is 17.3 Å². The Morgan fingerprint density at radius 3 is 2.00 bits per heavy atom. The summed E-state index contributed by atoms with van der Waals surface area (Å²) in [5.74, 6) is -4.52. The van der Waals surface area contributed by atoms with E-state index in [1.165, 1.54) is 32.9 Å². The highest BCUT2D eigenvalue weighted by Gasteiger charge is 2.61. The second-order valence-electron chi connectivity index (χ2n) is 13.4. The second kappa shape index (κ2) is 16.3. The molecule has 0 aliphatic carbocycles. The third-order valence-electron chi connectivity index (χ3n) is 7.67. The highest BCUT2D eigenvalue weighted by atomic mass is 28.3. The predicted octanol–water partition coefficient (Wildman–Crippen LogP) is 6.07. The molecule has 0 spiro atoms. The summed E-state index contributed by atoms with van der Waals surface area (Å²) in [6.45, 7) is 9.70. The zero-order valence-electron chi connectivity index (χ0n) is 28.8. The van der Waals surface area contributed by atoms with Gasteiger partial charge in [0.05, 0.1) is 5.69 Å². The van der Waals surface area contributed by atoms with Crippen LogP contribution in [0, 0.1) is 17.3 Å². The van der Waals surface area contributed by atoms with Crippen LogP contribution >= 0.6 is 0 Å². The van der Waals surface area contributed by atoms with Crippen LogP contribution in [-0.2, 0) is 31.9 Å². The Labute approximate surface area is 286 Å². The number of ether oxygens (including phenoxy) is 1. The van der Waals surface area contributed by atoms with Crippen LogP contribution in [0.1, 0.15) is 40.2 Å². The fourth-order valence-corrected chi connectivity index (χ4v) is 7.01. The summed E-state index contributed by atoms with van der Waals surface area (Å²) in [4.78, 5) is 52.5. The van der Waals surface area contributed by atoms with Crippen molar-refractivity contribution in [2.45, 2.75) is 72.8 Å². The van der Waals surface area contributed by atoms with Crippen LogP contribution in [0.15, 0.2) is 77.6 Å². The Hall–Kier alpha value is -4.43. The first-order valence-electron chi connectivity index (χ1n) is 15.9. The van der Waals surface area contributed by atoms with E-state index >= 15 is 0 Å². The number of alkyl carbamates (subject to hydrolysis) is 1. The number of hydrogen-bond donors (Lipinski definition) is 3. The first-order chi connectivity index (χ1) is 22.8. The molecule has 0 aliphatic heterocycles. The van der Waals surface area contributed by atoms with E-state index in [-0.39, 0.29) is 12.3 Å². The maximum Gasteiger partial charge on any atom is 0.407 e. The topological polar surface area (TPSA) is 128 Å². The van der Waals surface area contributed by atoms with Crippen molar-refractivity contribution < 1.29 is 36.7 Å². The number of amides is 3. The molecule has 49 heavy (non-hydrogen) atoms. The molecule has 1 heterocycles. The SMILES string of the molecule is CC(C)C(NC(=O)Cn1c(-c2ccccc2)ccc(NC(=O)CNC(=O)OCc2ccccc2)c1=O)(O[SiH](C)C)C(C(C)(C)C)C(F)(F)F. The molecule has 0 bridgehead atoms. The Kier molecular flexibility index (Phi) is 13.0.